The second-order valence-corrected chi connectivity index (χ2v) is 11.1. The third-order valence-electron chi connectivity index (χ3n) is 7.65. The van der Waals surface area contributed by atoms with Gasteiger partial charge in [-0.15, -0.1) is 0 Å². The smallest absolute Gasteiger partial charge is 0.235 e. The Kier molecular flexibility index (Phi) is 7.20. The number of hydrogen-bond acceptors (Lipinski definition) is 12. The number of ketones is 2. The van der Waals surface area contributed by atoms with Gasteiger partial charge in [-0.3, -0.25) is 9.59 Å². The third kappa shape index (κ3) is 5.17. The molecule has 0 aliphatic carbocycles. The zero-order valence-corrected chi connectivity index (χ0v) is 24.7. The quantitative estimate of drug-likeness (QED) is 0.0746. The van der Waals surface area contributed by atoms with Gasteiger partial charge in [-0.1, -0.05) is 17.7 Å². The molecule has 12 nitrogen and oxygen atoms in total. The lowest BCUT2D eigenvalue weighted by atomic mass is 9.93. The molecule has 0 saturated carbocycles. The molecule has 12 heteroatoms. The Bertz CT molecular complexity index is 2150. The number of rotatable bonds is 5. The lowest BCUT2D eigenvalue weighted by Gasteiger charge is -2.14. The zero-order chi connectivity index (χ0) is 33.9. The molecule has 2 aliphatic heterocycles. The highest BCUT2D eigenvalue weighted by Crippen LogP contribution is 2.51. The minimum atomic E-state index is -0.793. The molecule has 6 rings (SSSR count). The summed E-state index contributed by atoms with van der Waals surface area (Å²) in [5.41, 5.74) is 0.207. The van der Waals surface area contributed by atoms with Gasteiger partial charge in [0.05, 0.1) is 5.56 Å². The van der Waals surface area contributed by atoms with Gasteiger partial charge in [0.15, 0.2) is 34.5 Å². The molecule has 4 aromatic carbocycles. The summed E-state index contributed by atoms with van der Waals surface area (Å²) in [6, 6.07) is 8.05. The average Bonchev–Trinajstić information content (AvgIpc) is 3.47. The molecule has 238 valence electrons. The van der Waals surface area contributed by atoms with Crippen molar-refractivity contribution in [2.24, 2.45) is 0 Å². The standard InChI is InChI=1S/C35H26O12/c1-14(2)3-5-17-20(37)12-25-30(32(17)42)34(44)28(47-25)10-16-9-22(39)23(40)11-18(16)29-24(41)13-26-31(35(29)45)33(43)27(46-26)8-15-4-6-19(36)21(38)7-15/h3-4,6-13,36-42,45H,5H2,1-2H3. The lowest BCUT2D eigenvalue weighted by Crippen LogP contribution is -2.00. The molecule has 0 aromatic heterocycles. The fourth-order valence-electron chi connectivity index (χ4n) is 5.29. The number of hydrogen-bond donors (Lipinski definition) is 8. The topological polar surface area (TPSA) is 214 Å². The van der Waals surface area contributed by atoms with Gasteiger partial charge in [-0.25, -0.2) is 0 Å². The SMILES string of the molecule is CC(C)=CCc1c(O)cc2c(c1O)C(=O)C(=Cc1cc(O)c(O)cc1-c1c(O)cc3c(c1O)C(=O)C(=Cc1ccc(O)c(O)c1)O3)O2. The van der Waals surface area contributed by atoms with Crippen molar-refractivity contribution < 1.29 is 59.9 Å². The Labute approximate surface area is 265 Å². The van der Waals surface area contributed by atoms with E-state index in [2.05, 4.69) is 0 Å². The molecule has 4 aromatic rings. The summed E-state index contributed by atoms with van der Waals surface area (Å²) >= 11 is 0. The molecule has 0 atom stereocenters. The fraction of sp³-hybridized carbons (Fsp3) is 0.0857. The van der Waals surface area contributed by atoms with E-state index in [0.717, 1.165) is 29.8 Å². The van der Waals surface area contributed by atoms with Crippen molar-refractivity contribution in [1.82, 2.24) is 0 Å². The van der Waals surface area contributed by atoms with E-state index in [-0.39, 0.29) is 79.9 Å². The van der Waals surface area contributed by atoms with Crippen molar-refractivity contribution in [1.29, 1.82) is 0 Å². The Morgan fingerprint density at radius 1 is 0.617 bits per heavy atom. The molecule has 8 N–H and O–H groups in total. The first-order chi connectivity index (χ1) is 22.2. The Balaban J connectivity index is 1.43. The Hall–Kier alpha value is -6.56. The van der Waals surface area contributed by atoms with E-state index in [1.807, 2.05) is 13.8 Å². The maximum absolute atomic E-state index is 13.4. The number of phenolic OH excluding ortho intramolecular Hbond substituents is 8. The molecule has 0 radical (unpaired) electrons. The van der Waals surface area contributed by atoms with Gasteiger partial charge in [0.1, 0.15) is 45.6 Å². The van der Waals surface area contributed by atoms with Crippen LogP contribution in [0.25, 0.3) is 23.3 Å². The molecule has 0 bridgehead atoms. The molecule has 2 aliphatic rings. The average molecular weight is 639 g/mol. The minimum absolute atomic E-state index is 0.0582. The van der Waals surface area contributed by atoms with Gasteiger partial charge in [0, 0.05) is 23.3 Å². The number of allylic oxidation sites excluding steroid dienone is 4. The molecule has 0 fully saturated rings. The van der Waals surface area contributed by atoms with E-state index >= 15 is 0 Å². The van der Waals surface area contributed by atoms with E-state index in [0.29, 0.717) is 0 Å². The van der Waals surface area contributed by atoms with E-state index < -0.39 is 46.1 Å². The Morgan fingerprint density at radius 3 is 1.83 bits per heavy atom. The first-order valence-corrected chi connectivity index (χ1v) is 14.0. The highest BCUT2D eigenvalue weighted by atomic mass is 16.5. The van der Waals surface area contributed by atoms with Crippen LogP contribution in [0.4, 0.5) is 0 Å². The highest BCUT2D eigenvalue weighted by molar-refractivity contribution is 6.18. The molecule has 0 amide bonds. The molecule has 0 saturated heterocycles. The number of aromatic hydroxyl groups is 8. The van der Waals surface area contributed by atoms with Crippen LogP contribution in [0.2, 0.25) is 0 Å². The molecular formula is C35H26O12. The van der Waals surface area contributed by atoms with Crippen molar-refractivity contribution in [3.05, 3.63) is 93.4 Å². The third-order valence-corrected chi connectivity index (χ3v) is 7.65. The van der Waals surface area contributed by atoms with Gasteiger partial charge in [-0.05, 0) is 67.8 Å². The molecule has 47 heavy (non-hydrogen) atoms. The monoisotopic (exact) mass is 638 g/mol. The van der Waals surface area contributed by atoms with Crippen LogP contribution < -0.4 is 9.47 Å². The normalized spacial score (nSPS) is 15.0. The van der Waals surface area contributed by atoms with Crippen LogP contribution in [-0.4, -0.2) is 52.4 Å². The van der Waals surface area contributed by atoms with E-state index in [1.54, 1.807) is 6.08 Å². The van der Waals surface area contributed by atoms with Crippen LogP contribution in [0.5, 0.6) is 57.5 Å². The first-order valence-electron chi connectivity index (χ1n) is 14.0. The highest BCUT2D eigenvalue weighted by Gasteiger charge is 2.36. The second-order valence-electron chi connectivity index (χ2n) is 11.1. The van der Waals surface area contributed by atoms with Gasteiger partial charge in [0.25, 0.3) is 0 Å². The van der Waals surface area contributed by atoms with Gasteiger partial charge in [0.2, 0.25) is 11.6 Å². The summed E-state index contributed by atoms with van der Waals surface area (Å²) in [5, 5.41) is 83.7. The van der Waals surface area contributed by atoms with Crippen molar-refractivity contribution >= 4 is 23.7 Å². The summed E-state index contributed by atoms with van der Waals surface area (Å²) in [6.45, 7) is 3.67. The second kappa shape index (κ2) is 11.1. The van der Waals surface area contributed by atoms with Gasteiger partial charge < -0.3 is 50.3 Å². The van der Waals surface area contributed by atoms with Crippen LogP contribution in [-0.2, 0) is 6.42 Å². The summed E-state index contributed by atoms with van der Waals surface area (Å²) in [7, 11) is 0. The van der Waals surface area contributed by atoms with Crippen molar-refractivity contribution in [3.8, 4) is 68.6 Å². The van der Waals surface area contributed by atoms with Crippen LogP contribution in [0.3, 0.4) is 0 Å². The fourth-order valence-corrected chi connectivity index (χ4v) is 5.29. The van der Waals surface area contributed by atoms with Crippen LogP contribution >= 0.6 is 0 Å². The predicted molar refractivity (Wildman–Crippen MR) is 167 cm³/mol. The lowest BCUT2D eigenvalue weighted by molar-refractivity contribution is 0.100. The van der Waals surface area contributed by atoms with E-state index in [4.69, 9.17) is 9.47 Å². The molecular weight excluding hydrogens is 612 g/mol. The van der Waals surface area contributed by atoms with Crippen LogP contribution in [0.15, 0.2) is 65.6 Å². The number of Topliss-reactive ketones (excluding diaryl/α,β-unsaturated/α-hetero) is 2. The number of fused-ring (bicyclic) bond motifs is 2. The predicted octanol–water partition coefficient (Wildman–Crippen LogP) is 5.74. The number of phenols is 8. The summed E-state index contributed by atoms with van der Waals surface area (Å²) in [5.74, 6) is -6.76. The summed E-state index contributed by atoms with van der Waals surface area (Å²) in [4.78, 5) is 26.8. The number of carbonyl (C=O) groups is 2. The molecule has 0 spiro atoms. The van der Waals surface area contributed by atoms with Crippen LogP contribution in [0.1, 0.15) is 51.3 Å². The van der Waals surface area contributed by atoms with E-state index in [1.165, 1.54) is 30.3 Å². The van der Waals surface area contributed by atoms with Gasteiger partial charge >= 0.3 is 0 Å². The largest absolute Gasteiger partial charge is 0.507 e. The molecule has 0 unspecified atom stereocenters. The summed E-state index contributed by atoms with van der Waals surface area (Å²) in [6.07, 6.45) is 4.28. The Morgan fingerprint density at radius 2 is 1.19 bits per heavy atom. The van der Waals surface area contributed by atoms with Crippen molar-refractivity contribution in [3.63, 3.8) is 0 Å². The maximum Gasteiger partial charge on any atom is 0.235 e. The first kappa shape index (κ1) is 30.5. The van der Waals surface area contributed by atoms with Crippen molar-refractivity contribution in [2.45, 2.75) is 20.3 Å². The summed E-state index contributed by atoms with van der Waals surface area (Å²) < 4.78 is 11.2. The van der Waals surface area contributed by atoms with Crippen molar-refractivity contribution in [2.75, 3.05) is 0 Å². The maximum atomic E-state index is 13.4. The minimum Gasteiger partial charge on any atom is -0.507 e. The van der Waals surface area contributed by atoms with Gasteiger partial charge in [-0.2, -0.15) is 0 Å². The zero-order valence-electron chi connectivity index (χ0n) is 24.7. The van der Waals surface area contributed by atoms with Crippen LogP contribution in [0, 0.1) is 0 Å². The van der Waals surface area contributed by atoms with E-state index in [9.17, 15) is 50.4 Å². The molecule has 2 heterocycles. The number of benzene rings is 4. The number of ether oxygens (including phenoxy) is 2. The number of carbonyl (C=O) groups excluding carboxylic acids is 2.